The zero-order valence-corrected chi connectivity index (χ0v) is 11.6. The summed E-state index contributed by atoms with van der Waals surface area (Å²) in [6.07, 6.45) is 2.66. The van der Waals surface area contributed by atoms with Crippen LogP contribution in [0.4, 0.5) is 0 Å². The summed E-state index contributed by atoms with van der Waals surface area (Å²) in [6.45, 7) is 2.10. The Labute approximate surface area is 119 Å². The smallest absolute Gasteiger partial charge is 0.0705 e. The number of fused-ring (bicyclic) bond motifs is 1. The zero-order valence-electron chi connectivity index (χ0n) is 11.6. The van der Waals surface area contributed by atoms with E-state index in [2.05, 4.69) is 60.4 Å². The zero-order chi connectivity index (χ0) is 13.9. The monoisotopic (exact) mass is 262 g/mol. The van der Waals surface area contributed by atoms with Crippen LogP contribution in [0.1, 0.15) is 22.7 Å². The van der Waals surface area contributed by atoms with Crippen LogP contribution in [-0.4, -0.2) is 4.98 Å². The number of rotatable bonds is 3. The summed E-state index contributed by atoms with van der Waals surface area (Å²) in [5.41, 5.74) is 11.0. The minimum atomic E-state index is 0.00381. The largest absolute Gasteiger partial charge is 0.324 e. The summed E-state index contributed by atoms with van der Waals surface area (Å²) >= 11 is 0. The summed E-state index contributed by atoms with van der Waals surface area (Å²) in [4.78, 5) is 4.39. The van der Waals surface area contributed by atoms with Gasteiger partial charge in [0.1, 0.15) is 0 Å². The first-order valence-corrected chi connectivity index (χ1v) is 6.88. The molecule has 0 saturated heterocycles. The number of aryl methyl sites for hydroxylation is 1. The van der Waals surface area contributed by atoms with E-state index in [1.165, 1.54) is 11.1 Å². The average Bonchev–Trinajstić information content (AvgIpc) is 2.49. The lowest BCUT2D eigenvalue weighted by atomic mass is 9.98. The minimum Gasteiger partial charge on any atom is -0.324 e. The summed E-state index contributed by atoms with van der Waals surface area (Å²) in [6, 6.07) is 18.9. The Bertz CT molecular complexity index is 717. The van der Waals surface area contributed by atoms with Crippen molar-refractivity contribution >= 4 is 10.9 Å². The summed E-state index contributed by atoms with van der Waals surface area (Å²) < 4.78 is 0. The third-order valence-electron chi connectivity index (χ3n) is 3.63. The van der Waals surface area contributed by atoms with Crippen molar-refractivity contribution in [3.63, 3.8) is 0 Å². The number of benzene rings is 2. The Kier molecular flexibility index (Phi) is 3.48. The molecule has 0 spiro atoms. The lowest BCUT2D eigenvalue weighted by molar-refractivity contribution is 0.722. The molecule has 100 valence electrons. The molecule has 2 heteroatoms. The van der Waals surface area contributed by atoms with Crippen LogP contribution in [-0.2, 0) is 6.42 Å². The van der Waals surface area contributed by atoms with Gasteiger partial charge in [0.25, 0.3) is 0 Å². The van der Waals surface area contributed by atoms with E-state index in [0.29, 0.717) is 0 Å². The van der Waals surface area contributed by atoms with Crippen molar-refractivity contribution < 1.29 is 0 Å². The predicted octanol–water partition coefficient (Wildman–Crippen LogP) is 3.79. The Morgan fingerprint density at radius 3 is 2.65 bits per heavy atom. The third-order valence-corrected chi connectivity index (χ3v) is 3.63. The maximum Gasteiger partial charge on any atom is 0.0705 e. The molecule has 20 heavy (non-hydrogen) atoms. The van der Waals surface area contributed by atoms with Crippen molar-refractivity contribution in [3.05, 3.63) is 77.5 Å². The number of hydrogen-bond donors (Lipinski definition) is 1. The highest BCUT2D eigenvalue weighted by Gasteiger charge is 2.08. The highest BCUT2D eigenvalue weighted by atomic mass is 14.7. The third kappa shape index (κ3) is 2.70. The maximum atomic E-state index is 6.33. The van der Waals surface area contributed by atoms with Gasteiger partial charge in [-0.05, 0) is 36.6 Å². The minimum absolute atomic E-state index is 0.00381. The van der Waals surface area contributed by atoms with Crippen molar-refractivity contribution in [3.8, 4) is 0 Å². The lowest BCUT2D eigenvalue weighted by Gasteiger charge is -2.13. The molecule has 0 saturated carbocycles. The van der Waals surface area contributed by atoms with Crippen molar-refractivity contribution in [1.29, 1.82) is 0 Å². The van der Waals surface area contributed by atoms with E-state index in [4.69, 9.17) is 5.73 Å². The van der Waals surface area contributed by atoms with Gasteiger partial charge in [-0.3, -0.25) is 4.98 Å². The van der Waals surface area contributed by atoms with Gasteiger partial charge in [0.05, 0.1) is 5.52 Å². The standard InChI is InChI=1S/C18H18N2/c1-13-4-6-14(7-5-13)11-17(19)16-9-8-15-3-2-10-20-18(15)12-16/h2-10,12,17H,11,19H2,1H3. The van der Waals surface area contributed by atoms with Gasteiger partial charge in [-0.15, -0.1) is 0 Å². The molecule has 0 bridgehead atoms. The molecule has 2 aromatic carbocycles. The highest BCUT2D eigenvalue weighted by molar-refractivity contribution is 5.78. The normalized spacial score (nSPS) is 12.5. The van der Waals surface area contributed by atoms with Gasteiger partial charge >= 0.3 is 0 Å². The van der Waals surface area contributed by atoms with E-state index in [0.717, 1.165) is 22.9 Å². The van der Waals surface area contributed by atoms with Crippen LogP contribution in [0.3, 0.4) is 0 Å². The second-order valence-electron chi connectivity index (χ2n) is 5.25. The number of nitrogens with two attached hydrogens (primary N) is 1. The van der Waals surface area contributed by atoms with Gasteiger partial charge in [-0.2, -0.15) is 0 Å². The van der Waals surface area contributed by atoms with Crippen LogP contribution in [0.25, 0.3) is 10.9 Å². The molecule has 0 aliphatic rings. The molecular weight excluding hydrogens is 244 g/mol. The molecule has 0 fully saturated rings. The Morgan fingerprint density at radius 2 is 1.85 bits per heavy atom. The van der Waals surface area contributed by atoms with Crippen LogP contribution >= 0.6 is 0 Å². The summed E-state index contributed by atoms with van der Waals surface area (Å²) in [5, 5.41) is 1.15. The van der Waals surface area contributed by atoms with Crippen molar-refractivity contribution in [2.45, 2.75) is 19.4 Å². The summed E-state index contributed by atoms with van der Waals surface area (Å²) in [7, 11) is 0. The molecule has 1 aromatic heterocycles. The SMILES string of the molecule is Cc1ccc(CC(N)c2ccc3cccnc3c2)cc1. The van der Waals surface area contributed by atoms with E-state index in [1.54, 1.807) is 0 Å². The molecule has 0 amide bonds. The molecule has 1 atom stereocenters. The van der Waals surface area contributed by atoms with Gasteiger partial charge in [-0.25, -0.2) is 0 Å². The predicted molar refractivity (Wildman–Crippen MR) is 83.6 cm³/mol. The van der Waals surface area contributed by atoms with Crippen molar-refractivity contribution in [2.75, 3.05) is 0 Å². The Hall–Kier alpha value is -2.19. The average molecular weight is 262 g/mol. The second kappa shape index (κ2) is 5.43. The molecule has 0 aliphatic heterocycles. The Balaban J connectivity index is 1.84. The number of pyridine rings is 1. The Morgan fingerprint density at radius 1 is 1.05 bits per heavy atom. The second-order valence-corrected chi connectivity index (χ2v) is 5.25. The van der Waals surface area contributed by atoms with Crippen LogP contribution < -0.4 is 5.73 Å². The maximum absolute atomic E-state index is 6.33. The molecule has 0 aliphatic carbocycles. The number of nitrogens with zero attached hydrogens (tertiary/aromatic N) is 1. The molecule has 3 rings (SSSR count). The fourth-order valence-electron chi connectivity index (χ4n) is 2.41. The summed E-state index contributed by atoms with van der Waals surface area (Å²) in [5.74, 6) is 0. The fourth-order valence-corrected chi connectivity index (χ4v) is 2.41. The van der Waals surface area contributed by atoms with Crippen molar-refractivity contribution in [1.82, 2.24) is 4.98 Å². The number of hydrogen-bond acceptors (Lipinski definition) is 2. The molecular formula is C18H18N2. The first-order chi connectivity index (χ1) is 9.72. The van der Waals surface area contributed by atoms with E-state index in [1.807, 2.05) is 12.3 Å². The fraction of sp³-hybridized carbons (Fsp3) is 0.167. The quantitative estimate of drug-likeness (QED) is 0.780. The molecule has 2 nitrogen and oxygen atoms in total. The molecule has 0 radical (unpaired) electrons. The topological polar surface area (TPSA) is 38.9 Å². The van der Waals surface area contributed by atoms with Crippen LogP contribution in [0.15, 0.2) is 60.8 Å². The van der Waals surface area contributed by atoms with E-state index in [-0.39, 0.29) is 6.04 Å². The molecule has 1 heterocycles. The number of aromatic nitrogens is 1. The van der Waals surface area contributed by atoms with E-state index in [9.17, 15) is 0 Å². The van der Waals surface area contributed by atoms with Crippen LogP contribution in [0, 0.1) is 6.92 Å². The van der Waals surface area contributed by atoms with Gasteiger partial charge < -0.3 is 5.73 Å². The van der Waals surface area contributed by atoms with E-state index >= 15 is 0 Å². The van der Waals surface area contributed by atoms with Gasteiger partial charge in [0.2, 0.25) is 0 Å². The van der Waals surface area contributed by atoms with Gasteiger partial charge in [0, 0.05) is 17.6 Å². The van der Waals surface area contributed by atoms with Crippen LogP contribution in [0.5, 0.6) is 0 Å². The molecule has 2 N–H and O–H groups in total. The first-order valence-electron chi connectivity index (χ1n) is 6.88. The van der Waals surface area contributed by atoms with Gasteiger partial charge in [-0.1, -0.05) is 48.0 Å². The van der Waals surface area contributed by atoms with Crippen LogP contribution in [0.2, 0.25) is 0 Å². The lowest BCUT2D eigenvalue weighted by Crippen LogP contribution is -2.13. The highest BCUT2D eigenvalue weighted by Crippen LogP contribution is 2.20. The molecule has 1 unspecified atom stereocenters. The molecule has 3 aromatic rings. The first kappa shape index (κ1) is 12.8. The van der Waals surface area contributed by atoms with E-state index < -0.39 is 0 Å². The van der Waals surface area contributed by atoms with Gasteiger partial charge in [0.15, 0.2) is 0 Å². The van der Waals surface area contributed by atoms with Crippen molar-refractivity contribution in [2.24, 2.45) is 5.73 Å².